The summed E-state index contributed by atoms with van der Waals surface area (Å²) in [5.41, 5.74) is 0. The third kappa shape index (κ3) is 9.42. The molecule has 0 aromatic heterocycles. The number of hydrogen-bond acceptors (Lipinski definition) is 25. The van der Waals surface area contributed by atoms with Gasteiger partial charge in [0.2, 0.25) is 0 Å². The maximum absolute atomic E-state index is 11.6. The highest BCUT2D eigenvalue weighted by atomic mass is 16.8. The third-order valence-electron chi connectivity index (χ3n) is 10.1. The summed E-state index contributed by atoms with van der Waals surface area (Å²) in [5, 5.41) is 145. The summed E-state index contributed by atoms with van der Waals surface area (Å²) in [6, 6.07) is 0. The van der Waals surface area contributed by atoms with Gasteiger partial charge < -0.3 is 124 Å². The Morgan fingerprint density at radius 2 is 0.636 bits per heavy atom. The molecular formula is C30H50O25. The van der Waals surface area contributed by atoms with Gasteiger partial charge in [0, 0.05) is 0 Å². The van der Waals surface area contributed by atoms with Gasteiger partial charge in [0.15, 0.2) is 37.7 Å². The number of ether oxygens (including phenoxy) is 11. The lowest BCUT2D eigenvalue weighted by atomic mass is 10.0. The molecule has 6 rings (SSSR count). The van der Waals surface area contributed by atoms with E-state index in [0.29, 0.717) is 0 Å². The van der Waals surface area contributed by atoms with Crippen LogP contribution in [0.3, 0.4) is 0 Å². The summed E-state index contributed by atoms with van der Waals surface area (Å²) in [5.74, 6) is 0. The van der Waals surface area contributed by atoms with Crippen LogP contribution < -0.4 is 0 Å². The van der Waals surface area contributed by atoms with Gasteiger partial charge in [-0.25, -0.2) is 0 Å². The molecule has 14 N–H and O–H groups in total. The topological polar surface area (TPSA) is 385 Å². The highest BCUT2D eigenvalue weighted by Gasteiger charge is 2.53. The van der Waals surface area contributed by atoms with Crippen LogP contribution in [0.5, 0.6) is 0 Å². The molecule has 55 heavy (non-hydrogen) atoms. The van der Waals surface area contributed by atoms with E-state index < -0.39 is 187 Å². The number of aliphatic hydroxyl groups excluding tert-OH is 14. The van der Waals surface area contributed by atoms with Crippen molar-refractivity contribution in [2.45, 2.75) is 148 Å². The highest BCUT2D eigenvalue weighted by molar-refractivity contribution is 4.94. The molecule has 0 unspecified atom stereocenters. The minimum atomic E-state index is -1.93. The molecule has 0 aromatic rings. The van der Waals surface area contributed by atoms with E-state index in [1.54, 1.807) is 0 Å². The van der Waals surface area contributed by atoms with Gasteiger partial charge >= 0.3 is 0 Å². The fourth-order valence-electron chi connectivity index (χ4n) is 6.72. The van der Waals surface area contributed by atoms with Gasteiger partial charge in [-0.3, -0.25) is 0 Å². The predicted octanol–water partition coefficient (Wildman–Crippen LogP) is -10.3. The van der Waals surface area contributed by atoms with Crippen LogP contribution in [-0.2, 0) is 52.1 Å². The van der Waals surface area contributed by atoms with E-state index in [9.17, 15) is 71.5 Å². The fourth-order valence-corrected chi connectivity index (χ4v) is 6.72. The standard InChI is InChI=1S/C30H50O25/c31-7-1-46-26(19(40)13(7)34)53-12-6-50-29(52-11-5-49-27(21(42)17(11)38)51-10-4-45-25(44)18(39)16(10)37)22(43)23(12)54-30-24(15(36)9(33)3-48-30)55-28-20(41)14(35)8(32)2-47-28/h7-44H,1-6H2/t7-,8-,9+,10-,11-,12-,13+,14+,15+,16+,17+,18-,19-,20-,21-,22-,23+,24-,25-,26+,27+,28+,29+,30+/m1/s1. The van der Waals surface area contributed by atoms with E-state index in [2.05, 4.69) is 0 Å². The van der Waals surface area contributed by atoms with Gasteiger partial charge in [0.05, 0.1) is 39.6 Å². The molecule has 0 spiro atoms. The molecule has 6 fully saturated rings. The average molecular weight is 811 g/mol. The van der Waals surface area contributed by atoms with Gasteiger partial charge in [-0.2, -0.15) is 0 Å². The van der Waals surface area contributed by atoms with Crippen molar-refractivity contribution in [3.05, 3.63) is 0 Å². The quantitative estimate of drug-likeness (QED) is 0.0974. The second-order valence-corrected chi connectivity index (χ2v) is 14.1. The zero-order chi connectivity index (χ0) is 39.9. The minimum Gasteiger partial charge on any atom is -0.388 e. The van der Waals surface area contributed by atoms with Gasteiger partial charge in [0.1, 0.15) is 110 Å². The van der Waals surface area contributed by atoms with Gasteiger partial charge in [-0.05, 0) is 0 Å². The fraction of sp³-hybridized carbons (Fsp3) is 1.00. The lowest BCUT2D eigenvalue weighted by Crippen LogP contribution is -2.65. The lowest BCUT2D eigenvalue weighted by Gasteiger charge is -2.47. The number of aliphatic hydroxyl groups is 14. The first kappa shape index (κ1) is 43.6. The smallest absolute Gasteiger partial charge is 0.187 e. The zero-order valence-electron chi connectivity index (χ0n) is 28.9. The maximum atomic E-state index is 11.6. The summed E-state index contributed by atoms with van der Waals surface area (Å²) in [6.07, 6.45) is -39.8. The summed E-state index contributed by atoms with van der Waals surface area (Å²) < 4.78 is 61.0. The van der Waals surface area contributed by atoms with Gasteiger partial charge in [0.25, 0.3) is 0 Å². The van der Waals surface area contributed by atoms with E-state index in [-0.39, 0.29) is 0 Å². The molecule has 6 aliphatic rings. The molecule has 6 aliphatic heterocycles. The molecule has 25 nitrogen and oxygen atoms in total. The Morgan fingerprint density at radius 3 is 1.20 bits per heavy atom. The van der Waals surface area contributed by atoms with Crippen LogP contribution in [-0.4, -0.2) is 259 Å². The monoisotopic (exact) mass is 810 g/mol. The molecule has 0 aliphatic carbocycles. The average Bonchev–Trinajstić information content (AvgIpc) is 3.16. The van der Waals surface area contributed by atoms with Crippen molar-refractivity contribution in [3.8, 4) is 0 Å². The van der Waals surface area contributed by atoms with Crippen LogP contribution in [0.25, 0.3) is 0 Å². The predicted molar refractivity (Wildman–Crippen MR) is 163 cm³/mol. The lowest BCUT2D eigenvalue weighted by molar-refractivity contribution is -0.385. The van der Waals surface area contributed by atoms with Crippen LogP contribution in [0.15, 0.2) is 0 Å². The Bertz CT molecular complexity index is 1210. The molecule has 0 amide bonds. The van der Waals surface area contributed by atoms with Crippen LogP contribution in [0, 0.1) is 0 Å². The first-order valence-electron chi connectivity index (χ1n) is 17.6. The molecular weight excluding hydrogens is 760 g/mol. The van der Waals surface area contributed by atoms with Gasteiger partial charge in [-0.15, -0.1) is 0 Å². The largest absolute Gasteiger partial charge is 0.388 e. The van der Waals surface area contributed by atoms with Gasteiger partial charge in [-0.1, -0.05) is 0 Å². The number of rotatable bonds is 10. The maximum Gasteiger partial charge on any atom is 0.187 e. The molecule has 24 atom stereocenters. The van der Waals surface area contributed by atoms with E-state index in [0.717, 1.165) is 0 Å². The molecule has 0 aromatic carbocycles. The Morgan fingerprint density at radius 1 is 0.273 bits per heavy atom. The van der Waals surface area contributed by atoms with Crippen LogP contribution in [0.1, 0.15) is 0 Å². The van der Waals surface area contributed by atoms with E-state index in [1.807, 2.05) is 0 Å². The Kier molecular flexibility index (Phi) is 14.7. The molecule has 25 heteroatoms. The van der Waals surface area contributed by atoms with Crippen molar-refractivity contribution in [2.24, 2.45) is 0 Å². The zero-order valence-corrected chi connectivity index (χ0v) is 28.9. The minimum absolute atomic E-state index is 0.400. The van der Waals surface area contributed by atoms with Crippen LogP contribution >= 0.6 is 0 Å². The molecule has 6 saturated heterocycles. The van der Waals surface area contributed by atoms with E-state index in [1.165, 1.54) is 0 Å². The third-order valence-corrected chi connectivity index (χ3v) is 10.1. The second-order valence-electron chi connectivity index (χ2n) is 14.1. The van der Waals surface area contributed by atoms with Crippen molar-refractivity contribution < 1.29 is 124 Å². The van der Waals surface area contributed by atoms with Crippen molar-refractivity contribution in [2.75, 3.05) is 39.6 Å². The van der Waals surface area contributed by atoms with Crippen LogP contribution in [0.2, 0.25) is 0 Å². The summed E-state index contributed by atoms with van der Waals surface area (Å²) in [6.45, 7) is -2.94. The summed E-state index contributed by atoms with van der Waals surface area (Å²) >= 11 is 0. The molecule has 0 saturated carbocycles. The normalized spacial score (nSPS) is 54.2. The first-order chi connectivity index (χ1) is 26.1. The molecule has 320 valence electrons. The first-order valence-corrected chi connectivity index (χ1v) is 17.6. The Labute approximate surface area is 311 Å². The Balaban J connectivity index is 1.16. The van der Waals surface area contributed by atoms with E-state index >= 15 is 0 Å². The molecule has 0 bridgehead atoms. The SMILES string of the molecule is O[C@@H]1[C@@H](O)[C@H](O[C@H]2[C@H](O[C@@H]3[C@@H](O)[C@H](O[C@@H]4CO[C@@H](O[C@@H]5CO[C@@H](O)[C@H](O)[C@H]5O)[C@H](O)[C@H]4O)OC[C@H]3O[C@@H]3OC[C@@H](O)[C@H](O)[C@H]3O)OC[C@H](O)[C@@H]2O)OC[C@H]1O. The summed E-state index contributed by atoms with van der Waals surface area (Å²) in [7, 11) is 0. The van der Waals surface area contributed by atoms with Crippen molar-refractivity contribution in [1.29, 1.82) is 0 Å². The van der Waals surface area contributed by atoms with Crippen molar-refractivity contribution >= 4 is 0 Å². The molecule has 6 heterocycles. The van der Waals surface area contributed by atoms with Crippen LogP contribution in [0.4, 0.5) is 0 Å². The number of hydrogen-bond donors (Lipinski definition) is 14. The van der Waals surface area contributed by atoms with E-state index in [4.69, 9.17) is 52.1 Å². The second kappa shape index (κ2) is 18.5. The van der Waals surface area contributed by atoms with Crippen molar-refractivity contribution in [3.63, 3.8) is 0 Å². The Hall–Kier alpha value is -1.00. The van der Waals surface area contributed by atoms with Crippen molar-refractivity contribution in [1.82, 2.24) is 0 Å². The molecule has 0 radical (unpaired) electrons. The highest BCUT2D eigenvalue weighted by Crippen LogP contribution is 2.33. The summed E-state index contributed by atoms with van der Waals surface area (Å²) in [4.78, 5) is 0.